The van der Waals surface area contributed by atoms with Crippen LogP contribution in [0.4, 0.5) is 0 Å². The fourth-order valence-electron chi connectivity index (χ4n) is 2.49. The summed E-state index contributed by atoms with van der Waals surface area (Å²) in [6.45, 7) is 0. The Morgan fingerprint density at radius 1 is 0.643 bits per heavy atom. The summed E-state index contributed by atoms with van der Waals surface area (Å²) in [7, 11) is -4.94. The molecular weight excluding hydrogens is 384 g/mol. The smallest absolute Gasteiger partial charge is 0.377 e. The van der Waals surface area contributed by atoms with Crippen molar-refractivity contribution in [2.24, 2.45) is 0 Å². The number of hydrogen-bond donors (Lipinski definition) is 0. The van der Waals surface area contributed by atoms with Gasteiger partial charge in [0, 0.05) is 22.8 Å². The van der Waals surface area contributed by atoms with Crippen molar-refractivity contribution < 1.29 is 38.0 Å². The molecule has 0 saturated heterocycles. The maximum atomic E-state index is 8.49. The molecule has 3 aromatic carbocycles. The zero-order valence-corrected chi connectivity index (χ0v) is 15.2. The first-order valence-electron chi connectivity index (χ1n) is 8.13. The van der Waals surface area contributed by atoms with Gasteiger partial charge in [-0.05, 0) is 28.9 Å². The molecule has 0 aliphatic carbocycles. The molecule has 0 bridgehead atoms. The molecule has 0 unspecified atom stereocenters. The minimum Gasteiger partial charge on any atom is -0.377 e. The largest absolute Gasteiger partial charge is 0.414 e. The van der Waals surface area contributed by atoms with Crippen LogP contribution in [0.3, 0.4) is 0 Å². The zero-order chi connectivity index (χ0) is 20.0. The molecule has 1 heterocycles. The molecule has 4 aromatic rings. The minimum absolute atomic E-state index is 0.605. The lowest BCUT2D eigenvalue weighted by atomic mass is 10.2. The van der Waals surface area contributed by atoms with Crippen LogP contribution in [-0.4, -0.2) is 5.10 Å². The van der Waals surface area contributed by atoms with Crippen LogP contribution in [0, 0.1) is 10.2 Å². The Hall–Kier alpha value is -3.07. The summed E-state index contributed by atoms with van der Waals surface area (Å²) in [5.74, 6) is 1.32. The van der Waals surface area contributed by atoms with Crippen LogP contribution in [0.25, 0.3) is 28.6 Å². The maximum absolute atomic E-state index is 8.49. The Balaban J connectivity index is 0.000000403. The van der Waals surface area contributed by atoms with Crippen molar-refractivity contribution in [2.45, 2.75) is 0 Å². The second-order valence-corrected chi connectivity index (χ2v) is 6.33. The van der Waals surface area contributed by atoms with E-state index in [1.54, 1.807) is 0 Å². The van der Waals surface area contributed by atoms with Crippen molar-refractivity contribution in [3.63, 3.8) is 0 Å². The summed E-state index contributed by atoms with van der Waals surface area (Å²) >= 11 is 0. The van der Waals surface area contributed by atoms with Gasteiger partial charge in [0.2, 0.25) is 5.69 Å². The molecular formula is C20H15ClN2O5. The second-order valence-electron chi connectivity index (χ2n) is 5.57. The SMILES string of the molecule is [O-][Cl+3]([O-])([O-])[O-].c1ccc(-c2n[n+](-c3ccccc3)c(-c3ccccc3)o2)cc1. The van der Waals surface area contributed by atoms with Crippen molar-refractivity contribution >= 4 is 0 Å². The number of halogens is 1. The Morgan fingerprint density at radius 3 is 1.57 bits per heavy atom. The summed E-state index contributed by atoms with van der Waals surface area (Å²) in [6.07, 6.45) is 0. The molecule has 0 spiro atoms. The van der Waals surface area contributed by atoms with Crippen molar-refractivity contribution in [2.75, 3.05) is 0 Å². The number of nitrogens with zero attached hydrogens (tertiary/aromatic N) is 2. The van der Waals surface area contributed by atoms with Crippen LogP contribution in [-0.2, 0) is 0 Å². The first-order chi connectivity index (χ1) is 13.4. The molecule has 0 saturated carbocycles. The van der Waals surface area contributed by atoms with Gasteiger partial charge in [0.15, 0.2) is 0 Å². The van der Waals surface area contributed by atoms with Gasteiger partial charge in [0.1, 0.15) is 0 Å². The van der Waals surface area contributed by atoms with Crippen LogP contribution in [0.1, 0.15) is 0 Å². The Bertz CT molecular complexity index is 940. The van der Waals surface area contributed by atoms with E-state index in [0.717, 1.165) is 22.7 Å². The highest BCUT2D eigenvalue weighted by atomic mass is 35.7. The Morgan fingerprint density at radius 2 is 1.07 bits per heavy atom. The summed E-state index contributed by atoms with van der Waals surface area (Å²) in [5, 5.41) is 4.68. The van der Waals surface area contributed by atoms with Gasteiger partial charge in [0.05, 0.1) is 5.56 Å². The van der Waals surface area contributed by atoms with Crippen molar-refractivity contribution in [1.29, 1.82) is 0 Å². The topological polar surface area (TPSA) is 122 Å². The van der Waals surface area contributed by atoms with E-state index in [9.17, 15) is 0 Å². The number of aromatic nitrogens is 2. The third kappa shape index (κ3) is 5.46. The van der Waals surface area contributed by atoms with E-state index in [4.69, 9.17) is 23.1 Å². The fourth-order valence-corrected chi connectivity index (χ4v) is 2.49. The second kappa shape index (κ2) is 8.75. The minimum atomic E-state index is -4.94. The van der Waals surface area contributed by atoms with Gasteiger partial charge in [0.25, 0.3) is 5.89 Å². The standard InChI is InChI=1S/C20H15N2O.ClHO4/c1-4-10-16(11-5-1)19-21-22(18-14-8-3-9-15-18)20(23-19)17-12-6-2-7-13-17;2-1(3,4)5/h1-15H;(H,2,3,4,5)/q+1;/p-1. The summed E-state index contributed by atoms with van der Waals surface area (Å²) in [4.78, 5) is 0. The number of benzene rings is 3. The number of hydrogen-bond acceptors (Lipinski definition) is 6. The highest BCUT2D eigenvalue weighted by molar-refractivity contribution is 5.56. The maximum Gasteiger partial charge on any atom is 0.414 e. The molecule has 7 nitrogen and oxygen atoms in total. The monoisotopic (exact) mass is 398 g/mol. The molecule has 1 aromatic heterocycles. The normalized spacial score (nSPS) is 10.9. The van der Waals surface area contributed by atoms with Crippen LogP contribution in [0.5, 0.6) is 0 Å². The van der Waals surface area contributed by atoms with Gasteiger partial charge in [-0.25, -0.2) is 18.6 Å². The molecule has 0 fully saturated rings. The molecule has 0 aliphatic heterocycles. The molecule has 0 amide bonds. The average Bonchev–Trinajstić information content (AvgIpc) is 3.14. The lowest BCUT2D eigenvalue weighted by molar-refractivity contribution is -2.00. The molecule has 0 atom stereocenters. The highest BCUT2D eigenvalue weighted by Crippen LogP contribution is 2.23. The molecule has 142 valence electrons. The van der Waals surface area contributed by atoms with Gasteiger partial charge in [-0.3, -0.25) is 0 Å². The number of para-hydroxylation sites is 1. The predicted molar refractivity (Wildman–Crippen MR) is 88.9 cm³/mol. The number of rotatable bonds is 3. The van der Waals surface area contributed by atoms with Crippen LogP contribution in [0.15, 0.2) is 95.4 Å². The highest BCUT2D eigenvalue weighted by Gasteiger charge is 2.26. The summed E-state index contributed by atoms with van der Waals surface area (Å²) in [5.41, 5.74) is 2.92. The van der Waals surface area contributed by atoms with Gasteiger partial charge in [-0.2, -0.15) is 0 Å². The summed E-state index contributed by atoms with van der Waals surface area (Å²) < 4.78 is 41.9. The van der Waals surface area contributed by atoms with Crippen LogP contribution in [0.2, 0.25) is 0 Å². The van der Waals surface area contributed by atoms with Gasteiger partial charge < -0.3 is 4.42 Å². The Labute approximate surface area is 163 Å². The van der Waals surface area contributed by atoms with E-state index < -0.39 is 10.2 Å². The van der Waals surface area contributed by atoms with Gasteiger partial charge >= 0.3 is 5.89 Å². The third-order valence-electron chi connectivity index (χ3n) is 3.62. The van der Waals surface area contributed by atoms with Crippen LogP contribution >= 0.6 is 0 Å². The third-order valence-corrected chi connectivity index (χ3v) is 3.62. The van der Waals surface area contributed by atoms with E-state index in [1.807, 2.05) is 95.7 Å². The van der Waals surface area contributed by atoms with Crippen LogP contribution < -0.4 is 23.3 Å². The van der Waals surface area contributed by atoms with E-state index in [-0.39, 0.29) is 0 Å². The van der Waals surface area contributed by atoms with E-state index in [2.05, 4.69) is 5.10 Å². The van der Waals surface area contributed by atoms with E-state index in [0.29, 0.717) is 5.89 Å². The molecule has 8 heteroatoms. The lowest BCUT2D eigenvalue weighted by Crippen LogP contribution is -2.68. The lowest BCUT2D eigenvalue weighted by Gasteiger charge is -2.17. The first kappa shape index (κ1) is 19.7. The quantitative estimate of drug-likeness (QED) is 0.430. The molecule has 0 radical (unpaired) electrons. The molecule has 0 N–H and O–H groups in total. The van der Waals surface area contributed by atoms with Gasteiger partial charge in [-0.15, -0.1) is 10.2 Å². The van der Waals surface area contributed by atoms with Gasteiger partial charge in [-0.1, -0.05) is 54.6 Å². The molecule has 28 heavy (non-hydrogen) atoms. The Kier molecular flexibility index (Phi) is 6.15. The zero-order valence-electron chi connectivity index (χ0n) is 14.5. The van der Waals surface area contributed by atoms with E-state index in [1.165, 1.54) is 0 Å². The molecule has 0 aliphatic rings. The summed E-state index contributed by atoms with van der Waals surface area (Å²) in [6, 6.07) is 30.0. The van der Waals surface area contributed by atoms with E-state index >= 15 is 0 Å². The van der Waals surface area contributed by atoms with Crippen molar-refractivity contribution in [3.05, 3.63) is 91.0 Å². The molecule has 4 rings (SSSR count). The predicted octanol–water partition coefficient (Wildman–Crippen LogP) is -0.471. The average molecular weight is 399 g/mol. The first-order valence-corrected chi connectivity index (χ1v) is 9.36. The van der Waals surface area contributed by atoms with Crippen molar-refractivity contribution in [3.8, 4) is 28.6 Å². The fraction of sp³-hybridized carbons (Fsp3) is 0. The van der Waals surface area contributed by atoms with Crippen molar-refractivity contribution in [1.82, 2.24) is 5.10 Å².